The first-order valence-electron chi connectivity index (χ1n) is 20.4. The number of carbonyl (C=O) groups excluding carboxylic acids is 4. The van der Waals surface area contributed by atoms with Crippen molar-refractivity contribution in [1.82, 2.24) is 0 Å². The molecule has 7 aliphatic rings. The van der Waals surface area contributed by atoms with Crippen molar-refractivity contribution in [2.75, 3.05) is 52.9 Å². The van der Waals surface area contributed by atoms with Gasteiger partial charge >= 0.3 is 11.9 Å². The van der Waals surface area contributed by atoms with Crippen molar-refractivity contribution in [3.63, 3.8) is 0 Å². The highest BCUT2D eigenvalue weighted by Crippen LogP contribution is 2.61. The summed E-state index contributed by atoms with van der Waals surface area (Å²) in [6, 6.07) is 0. The Kier molecular flexibility index (Phi) is 13.6. The van der Waals surface area contributed by atoms with E-state index < -0.39 is 5.97 Å². The van der Waals surface area contributed by atoms with Gasteiger partial charge in [0.15, 0.2) is 5.78 Å². The van der Waals surface area contributed by atoms with Gasteiger partial charge in [0.1, 0.15) is 19.5 Å². The minimum Gasteiger partial charge on any atom is -0.463 e. The van der Waals surface area contributed by atoms with E-state index in [1.54, 1.807) is 12.2 Å². The molecule has 0 spiro atoms. The molecule has 5 saturated carbocycles. The van der Waals surface area contributed by atoms with Crippen molar-refractivity contribution < 1.29 is 42.9 Å². The molecule has 0 saturated heterocycles. The summed E-state index contributed by atoms with van der Waals surface area (Å²) in [6.45, 7) is 9.38. The third-order valence-corrected chi connectivity index (χ3v) is 13.7. The van der Waals surface area contributed by atoms with Crippen LogP contribution in [0, 0.1) is 58.2 Å². The number of hydrogen-bond acceptors (Lipinski definition) is 9. The molecule has 0 N–H and O–H groups in total. The van der Waals surface area contributed by atoms with Crippen LogP contribution >= 0.6 is 0 Å². The average molecular weight is 735 g/mol. The number of esters is 2. The summed E-state index contributed by atoms with van der Waals surface area (Å²) in [6.07, 6.45) is 24.2. The second-order valence-corrected chi connectivity index (χ2v) is 17.5. The summed E-state index contributed by atoms with van der Waals surface area (Å²) < 4.78 is 27.3. The molecular formula is C44H62O9. The van der Waals surface area contributed by atoms with Gasteiger partial charge in [-0.2, -0.15) is 0 Å². The maximum absolute atomic E-state index is 12.7. The molecule has 0 radical (unpaired) electrons. The number of fused-ring (bicyclic) bond motifs is 2. The largest absolute Gasteiger partial charge is 0.463 e. The van der Waals surface area contributed by atoms with Crippen LogP contribution in [0.15, 0.2) is 47.6 Å². The van der Waals surface area contributed by atoms with E-state index in [0.717, 1.165) is 55.3 Å². The van der Waals surface area contributed by atoms with Crippen molar-refractivity contribution in [3.8, 4) is 0 Å². The molecule has 0 heterocycles. The van der Waals surface area contributed by atoms with Gasteiger partial charge in [0, 0.05) is 6.08 Å². The molecule has 292 valence electrons. The van der Waals surface area contributed by atoms with Crippen molar-refractivity contribution in [1.29, 1.82) is 0 Å². The van der Waals surface area contributed by atoms with Gasteiger partial charge in [0.2, 0.25) is 0 Å². The minimum absolute atomic E-state index is 0.0729. The van der Waals surface area contributed by atoms with Crippen LogP contribution in [0.25, 0.3) is 0 Å². The van der Waals surface area contributed by atoms with E-state index in [9.17, 15) is 19.2 Å². The zero-order chi connectivity index (χ0) is 37.4. The quantitative estimate of drug-likeness (QED) is 0.0447. The lowest BCUT2D eigenvalue weighted by molar-refractivity contribution is -0.153. The van der Waals surface area contributed by atoms with Crippen molar-refractivity contribution in [2.45, 2.75) is 91.4 Å². The smallest absolute Gasteiger partial charge is 0.330 e. The lowest BCUT2D eigenvalue weighted by Gasteiger charge is -2.56. The first-order valence-corrected chi connectivity index (χ1v) is 20.4. The number of hydrogen-bond donors (Lipinski definition) is 0. The van der Waals surface area contributed by atoms with E-state index in [0.29, 0.717) is 62.8 Å². The highest BCUT2D eigenvalue weighted by molar-refractivity contribution is 6.01. The van der Waals surface area contributed by atoms with E-state index in [1.165, 1.54) is 44.6 Å². The maximum Gasteiger partial charge on any atom is 0.330 e. The Bertz CT molecular complexity index is 1400. The highest BCUT2D eigenvalue weighted by atomic mass is 16.6. The molecule has 0 aromatic rings. The molecule has 53 heavy (non-hydrogen) atoms. The van der Waals surface area contributed by atoms with Crippen LogP contribution in [0.1, 0.15) is 91.4 Å². The van der Waals surface area contributed by atoms with Crippen molar-refractivity contribution in [2.24, 2.45) is 58.2 Å². The fraction of sp³-hybridized carbons (Fsp3) is 0.727. The molecule has 5 fully saturated rings. The summed E-state index contributed by atoms with van der Waals surface area (Å²) in [4.78, 5) is 49.4. The van der Waals surface area contributed by atoms with Crippen LogP contribution in [-0.4, -0.2) is 76.9 Å². The van der Waals surface area contributed by atoms with Gasteiger partial charge in [0.25, 0.3) is 0 Å². The minimum atomic E-state index is -0.415. The van der Waals surface area contributed by atoms with Gasteiger partial charge < -0.3 is 23.7 Å². The van der Waals surface area contributed by atoms with E-state index in [1.807, 2.05) is 19.1 Å². The molecule has 7 aliphatic carbocycles. The topological polar surface area (TPSA) is 114 Å². The number of ketones is 1. The Hall–Kier alpha value is -2.88. The predicted octanol–water partition coefficient (Wildman–Crippen LogP) is 7.19. The Labute approximate surface area is 316 Å². The molecule has 0 aromatic heterocycles. The summed E-state index contributed by atoms with van der Waals surface area (Å²) in [5.41, 5.74) is 2.09. The zero-order valence-corrected chi connectivity index (χ0v) is 32.3. The standard InChI is InChI=1S/C44H62O9/c1-30(36-10-11-43(3)27-37-31(2)20-39(46)42(37)35(29-45)8-9-38(36)43)6-4-5-7-40(47)52-18-16-50-14-12-49-13-15-51-17-19-53-41(48)28-44-24-32-21-33(25-44)23-34(22-32)26-44/h4-8,20,29-30,32-34,36-38,42H,9-19,21-28H2,1-3H3/b6-4-,7-5-,35-8-/t30-,32?,33?,34?,36+,37+,38-,42-,43+,44?/m0/s1. The molecule has 0 aromatic carbocycles. The number of carbonyl (C=O) groups is 4. The van der Waals surface area contributed by atoms with Crippen LogP contribution < -0.4 is 0 Å². The first kappa shape index (κ1) is 39.8. The molecule has 9 nitrogen and oxygen atoms in total. The van der Waals surface area contributed by atoms with Crippen molar-refractivity contribution >= 4 is 24.0 Å². The van der Waals surface area contributed by atoms with Crippen molar-refractivity contribution in [3.05, 3.63) is 47.6 Å². The third kappa shape index (κ3) is 10.1. The van der Waals surface area contributed by atoms with Gasteiger partial charge in [-0.25, -0.2) is 4.79 Å². The van der Waals surface area contributed by atoms with E-state index >= 15 is 0 Å². The lowest BCUT2D eigenvalue weighted by Crippen LogP contribution is -2.47. The third-order valence-electron chi connectivity index (χ3n) is 13.7. The van der Waals surface area contributed by atoms with E-state index in [2.05, 4.69) is 19.9 Å². The lowest BCUT2D eigenvalue weighted by atomic mass is 9.49. The number of ether oxygens (including phenoxy) is 5. The Balaban J connectivity index is 0.771. The van der Waals surface area contributed by atoms with E-state index in [-0.39, 0.29) is 54.2 Å². The highest BCUT2D eigenvalue weighted by Gasteiger charge is 2.52. The molecular weight excluding hydrogens is 672 g/mol. The average Bonchev–Trinajstić information content (AvgIpc) is 3.56. The number of aldehydes is 1. The van der Waals surface area contributed by atoms with Gasteiger partial charge in [-0.1, -0.05) is 43.7 Å². The number of rotatable bonds is 19. The van der Waals surface area contributed by atoms with Gasteiger partial charge in [0.05, 0.1) is 52.0 Å². The second kappa shape index (κ2) is 18.2. The van der Waals surface area contributed by atoms with Crippen LogP contribution in [0.3, 0.4) is 0 Å². The molecule has 0 unspecified atom stereocenters. The Morgan fingerprint density at radius 3 is 2.09 bits per heavy atom. The molecule has 7 rings (SSSR count). The van der Waals surface area contributed by atoms with Gasteiger partial charge in [-0.3, -0.25) is 14.4 Å². The zero-order valence-electron chi connectivity index (χ0n) is 32.3. The molecule has 9 heteroatoms. The summed E-state index contributed by atoms with van der Waals surface area (Å²) in [5.74, 6) is 3.10. The second-order valence-electron chi connectivity index (χ2n) is 17.5. The van der Waals surface area contributed by atoms with E-state index in [4.69, 9.17) is 23.7 Å². The summed E-state index contributed by atoms with van der Waals surface area (Å²) in [5, 5.41) is 0. The predicted molar refractivity (Wildman–Crippen MR) is 200 cm³/mol. The Morgan fingerprint density at radius 1 is 0.868 bits per heavy atom. The molecule has 4 bridgehead atoms. The molecule has 0 amide bonds. The monoisotopic (exact) mass is 734 g/mol. The van der Waals surface area contributed by atoms with Crippen LogP contribution in [0.2, 0.25) is 0 Å². The first-order chi connectivity index (χ1) is 25.6. The molecule has 6 atom stereocenters. The normalized spacial score (nSPS) is 36.1. The van der Waals surface area contributed by atoms with Gasteiger partial charge in [-0.05, 0) is 135 Å². The van der Waals surface area contributed by atoms with Crippen LogP contribution in [0.4, 0.5) is 0 Å². The van der Waals surface area contributed by atoms with Gasteiger partial charge in [-0.15, -0.1) is 0 Å². The molecule has 0 aliphatic heterocycles. The van der Waals surface area contributed by atoms with Crippen LogP contribution in [0.5, 0.6) is 0 Å². The fourth-order valence-electron chi connectivity index (χ4n) is 11.7. The Morgan fingerprint density at radius 2 is 1.47 bits per heavy atom. The summed E-state index contributed by atoms with van der Waals surface area (Å²) in [7, 11) is 0. The SMILES string of the molecule is CC1=CC(=O)[C@H]2/C(C=O)=C\C[C@H]3[C@@H]([C@@H](C)/C=C\C=C/C(=O)OCCOCCOCCOCCOC(=O)CC45CC6CC(CC(C6)C4)C5)CC[C@]3(C)C[C@H]12. The van der Waals surface area contributed by atoms with Crippen LogP contribution in [-0.2, 0) is 42.9 Å². The fourth-order valence-corrected chi connectivity index (χ4v) is 11.7. The summed E-state index contributed by atoms with van der Waals surface area (Å²) >= 11 is 0. The maximum atomic E-state index is 12.7. The number of allylic oxidation sites excluding steroid dienone is 7.